The molecule has 0 atom stereocenters. The lowest BCUT2D eigenvalue weighted by molar-refractivity contribution is 0.595. The maximum absolute atomic E-state index is 11.3. The number of hydrogen-bond donors (Lipinski definition) is 1. The van der Waals surface area contributed by atoms with Crippen molar-refractivity contribution in [2.24, 2.45) is 5.73 Å². The van der Waals surface area contributed by atoms with Crippen molar-refractivity contribution in [3.05, 3.63) is 20.8 Å². The molecule has 0 bridgehead atoms. The summed E-state index contributed by atoms with van der Waals surface area (Å²) in [5.41, 5.74) is 5.20. The first-order valence-electron chi connectivity index (χ1n) is 4.18. The van der Waals surface area contributed by atoms with Crippen LogP contribution in [0.5, 0.6) is 0 Å². The molecule has 0 aliphatic rings. The normalized spacial score (nSPS) is 11.9. The van der Waals surface area contributed by atoms with E-state index >= 15 is 0 Å². The van der Waals surface area contributed by atoms with E-state index in [-0.39, 0.29) is 18.1 Å². The van der Waals surface area contributed by atoms with Crippen LogP contribution in [0.15, 0.2) is 15.9 Å². The fraction of sp³-hybridized carbons (Fsp3) is 0.500. The van der Waals surface area contributed by atoms with Gasteiger partial charge in [0.25, 0.3) is 0 Å². The Morgan fingerprint density at radius 1 is 1.36 bits per heavy atom. The summed E-state index contributed by atoms with van der Waals surface area (Å²) in [5, 5.41) is 0. The van der Waals surface area contributed by atoms with Gasteiger partial charge in [-0.1, -0.05) is 0 Å². The van der Waals surface area contributed by atoms with Crippen molar-refractivity contribution in [3.8, 4) is 0 Å². The second-order valence-electron chi connectivity index (χ2n) is 2.90. The molecule has 3 nitrogen and oxygen atoms in total. The molecule has 0 aromatic carbocycles. The maximum Gasteiger partial charge on any atom is 0.151 e. The van der Waals surface area contributed by atoms with Crippen LogP contribution in [0.4, 0.5) is 0 Å². The summed E-state index contributed by atoms with van der Waals surface area (Å²) in [6, 6.07) is 3.86. The molecule has 0 amide bonds. The van der Waals surface area contributed by atoms with Crippen LogP contribution in [0.25, 0.3) is 0 Å². The SMILES string of the molecule is NCCS(=O)(=O)CCc1ccc(Br)s1. The average Bonchev–Trinajstić information content (AvgIpc) is 2.48. The molecular formula is C8H12BrNO2S2. The highest BCUT2D eigenvalue weighted by Crippen LogP contribution is 2.22. The molecule has 0 saturated heterocycles. The van der Waals surface area contributed by atoms with Crippen molar-refractivity contribution in [2.45, 2.75) is 6.42 Å². The molecule has 0 saturated carbocycles. The van der Waals surface area contributed by atoms with Crippen molar-refractivity contribution >= 4 is 37.1 Å². The number of nitrogens with two attached hydrogens (primary N) is 1. The van der Waals surface area contributed by atoms with E-state index in [0.717, 1.165) is 8.66 Å². The van der Waals surface area contributed by atoms with Gasteiger partial charge in [0.15, 0.2) is 9.84 Å². The molecule has 6 heteroatoms. The van der Waals surface area contributed by atoms with Crippen molar-refractivity contribution < 1.29 is 8.42 Å². The molecule has 1 aromatic rings. The van der Waals surface area contributed by atoms with Gasteiger partial charge in [-0.15, -0.1) is 11.3 Å². The second-order valence-corrected chi connectivity index (χ2v) is 7.75. The summed E-state index contributed by atoms with van der Waals surface area (Å²) < 4.78 is 23.7. The fourth-order valence-corrected chi connectivity index (χ4v) is 3.73. The Kier molecular flexibility index (Phi) is 4.56. The van der Waals surface area contributed by atoms with Gasteiger partial charge in [-0.3, -0.25) is 0 Å². The van der Waals surface area contributed by atoms with Crippen molar-refractivity contribution in [1.82, 2.24) is 0 Å². The molecule has 1 rings (SSSR count). The van der Waals surface area contributed by atoms with Crippen LogP contribution in [0, 0.1) is 0 Å². The largest absolute Gasteiger partial charge is 0.329 e. The number of sulfone groups is 1. The quantitative estimate of drug-likeness (QED) is 0.894. The Bertz CT molecular complexity index is 386. The third-order valence-corrected chi connectivity index (χ3v) is 5.08. The van der Waals surface area contributed by atoms with Gasteiger partial charge in [0.05, 0.1) is 15.3 Å². The van der Waals surface area contributed by atoms with Gasteiger partial charge in [0, 0.05) is 11.4 Å². The summed E-state index contributed by atoms with van der Waals surface area (Å²) in [7, 11) is -2.95. The number of hydrogen-bond acceptors (Lipinski definition) is 4. The highest BCUT2D eigenvalue weighted by Gasteiger charge is 2.10. The summed E-state index contributed by atoms with van der Waals surface area (Å²) in [4.78, 5) is 1.08. The van der Waals surface area contributed by atoms with Crippen LogP contribution in [0.2, 0.25) is 0 Å². The standard InChI is InChI=1S/C8H12BrNO2S2/c9-8-2-1-7(13-8)3-5-14(11,12)6-4-10/h1-2H,3-6,10H2. The molecule has 0 aliphatic carbocycles. The molecule has 0 radical (unpaired) electrons. The van der Waals surface area contributed by atoms with Crippen molar-refractivity contribution in [3.63, 3.8) is 0 Å². The lowest BCUT2D eigenvalue weighted by Gasteiger charge is -2.00. The van der Waals surface area contributed by atoms with E-state index in [1.54, 1.807) is 11.3 Å². The van der Waals surface area contributed by atoms with Crippen LogP contribution in [0.1, 0.15) is 4.88 Å². The molecule has 0 spiro atoms. The first kappa shape index (κ1) is 12.2. The number of rotatable bonds is 5. The summed E-state index contributed by atoms with van der Waals surface area (Å²) >= 11 is 4.90. The van der Waals surface area contributed by atoms with Gasteiger partial charge < -0.3 is 5.73 Å². The molecule has 1 aromatic heterocycles. The Labute approximate surface area is 96.4 Å². The van der Waals surface area contributed by atoms with Crippen LogP contribution < -0.4 is 5.73 Å². The van der Waals surface area contributed by atoms with Gasteiger partial charge in [-0.05, 0) is 34.5 Å². The first-order valence-corrected chi connectivity index (χ1v) is 7.61. The smallest absolute Gasteiger partial charge is 0.151 e. The van der Waals surface area contributed by atoms with Gasteiger partial charge in [-0.2, -0.15) is 0 Å². The van der Waals surface area contributed by atoms with Crippen molar-refractivity contribution in [1.29, 1.82) is 0 Å². The van der Waals surface area contributed by atoms with Gasteiger partial charge in [-0.25, -0.2) is 8.42 Å². The molecular weight excluding hydrogens is 286 g/mol. The van der Waals surface area contributed by atoms with Gasteiger partial charge >= 0.3 is 0 Å². The zero-order valence-corrected chi connectivity index (χ0v) is 10.8. The highest BCUT2D eigenvalue weighted by atomic mass is 79.9. The lowest BCUT2D eigenvalue weighted by atomic mass is 10.4. The predicted octanol–water partition coefficient (Wildman–Crippen LogP) is 1.43. The molecule has 0 fully saturated rings. The Morgan fingerprint density at radius 2 is 2.07 bits per heavy atom. The van der Waals surface area contributed by atoms with Crippen LogP contribution >= 0.6 is 27.3 Å². The minimum absolute atomic E-state index is 0.0829. The Balaban J connectivity index is 2.48. The first-order chi connectivity index (χ1) is 6.53. The molecule has 1 heterocycles. The monoisotopic (exact) mass is 297 g/mol. The number of halogens is 1. The van der Waals surface area contributed by atoms with E-state index in [1.807, 2.05) is 12.1 Å². The number of thiophene rings is 1. The second kappa shape index (κ2) is 5.25. The van der Waals surface area contributed by atoms with Crippen LogP contribution in [-0.2, 0) is 16.3 Å². The minimum Gasteiger partial charge on any atom is -0.329 e. The third kappa shape index (κ3) is 4.08. The van der Waals surface area contributed by atoms with Gasteiger partial charge in [0.2, 0.25) is 0 Å². The molecule has 14 heavy (non-hydrogen) atoms. The zero-order chi connectivity index (χ0) is 10.6. The third-order valence-electron chi connectivity index (χ3n) is 1.72. The fourth-order valence-electron chi connectivity index (χ4n) is 1.02. The van der Waals surface area contributed by atoms with E-state index < -0.39 is 9.84 Å². The minimum atomic E-state index is -2.95. The van der Waals surface area contributed by atoms with E-state index in [4.69, 9.17) is 5.73 Å². The zero-order valence-electron chi connectivity index (χ0n) is 7.57. The maximum atomic E-state index is 11.3. The number of aryl methyl sites for hydroxylation is 1. The lowest BCUT2D eigenvalue weighted by Crippen LogP contribution is -2.19. The van der Waals surface area contributed by atoms with Gasteiger partial charge in [0.1, 0.15) is 0 Å². The Hall–Kier alpha value is 0.0900. The van der Waals surface area contributed by atoms with E-state index in [0.29, 0.717) is 6.42 Å². The molecule has 0 aliphatic heterocycles. The molecule has 80 valence electrons. The van der Waals surface area contributed by atoms with E-state index in [9.17, 15) is 8.42 Å². The van der Waals surface area contributed by atoms with Crippen molar-refractivity contribution in [2.75, 3.05) is 18.1 Å². The average molecular weight is 298 g/mol. The molecule has 2 N–H and O–H groups in total. The van der Waals surface area contributed by atoms with Crippen LogP contribution in [-0.4, -0.2) is 26.5 Å². The van der Waals surface area contributed by atoms with E-state index in [2.05, 4.69) is 15.9 Å². The van der Waals surface area contributed by atoms with E-state index in [1.165, 1.54) is 0 Å². The van der Waals surface area contributed by atoms with Crippen LogP contribution in [0.3, 0.4) is 0 Å². The summed E-state index contributed by atoms with van der Waals surface area (Å²) in [6.07, 6.45) is 0.582. The summed E-state index contributed by atoms with van der Waals surface area (Å²) in [5.74, 6) is 0.275. The summed E-state index contributed by atoms with van der Waals surface area (Å²) in [6.45, 7) is 0.205. The Morgan fingerprint density at radius 3 is 2.57 bits per heavy atom. The predicted molar refractivity (Wildman–Crippen MR) is 63.4 cm³/mol. The highest BCUT2D eigenvalue weighted by molar-refractivity contribution is 9.11. The topological polar surface area (TPSA) is 60.2 Å². The molecule has 0 unspecified atom stereocenters.